The predicted octanol–water partition coefficient (Wildman–Crippen LogP) is -0.0161. The second kappa shape index (κ2) is 5.09. The number of aliphatic hydroxyl groups is 2. The smallest absolute Gasteiger partial charge is 0.338 e. The van der Waals surface area contributed by atoms with Crippen molar-refractivity contribution in [2.75, 3.05) is 6.61 Å². The molecule has 0 radical (unpaired) electrons. The van der Waals surface area contributed by atoms with Crippen LogP contribution in [0.25, 0.3) is 0 Å². The molecular formula is C10H16N2O4. The van der Waals surface area contributed by atoms with Gasteiger partial charge in [-0.1, -0.05) is 0 Å². The molecule has 1 rings (SSSR count). The Hall–Kier alpha value is -1.40. The zero-order valence-corrected chi connectivity index (χ0v) is 9.52. The zero-order chi connectivity index (χ0) is 12.3. The van der Waals surface area contributed by atoms with Gasteiger partial charge < -0.3 is 14.9 Å². The lowest BCUT2D eigenvalue weighted by atomic mass is 10.0. The highest BCUT2D eigenvalue weighted by molar-refractivity contribution is 5.75. The van der Waals surface area contributed by atoms with Crippen LogP contribution in [-0.2, 0) is 9.53 Å². The van der Waals surface area contributed by atoms with E-state index in [1.54, 1.807) is 20.8 Å². The van der Waals surface area contributed by atoms with Crippen LogP contribution in [0.5, 0.6) is 0 Å². The minimum absolute atomic E-state index is 0.159. The number of aromatic amines is 1. The molecule has 3 N–H and O–H groups in total. The van der Waals surface area contributed by atoms with Gasteiger partial charge in [0, 0.05) is 11.3 Å². The minimum Gasteiger partial charge on any atom is -0.464 e. The van der Waals surface area contributed by atoms with E-state index < -0.39 is 18.2 Å². The number of rotatable bonds is 4. The van der Waals surface area contributed by atoms with Gasteiger partial charge >= 0.3 is 5.97 Å². The van der Waals surface area contributed by atoms with Crippen molar-refractivity contribution < 1.29 is 19.7 Å². The molecule has 90 valence electrons. The van der Waals surface area contributed by atoms with E-state index in [0.29, 0.717) is 17.0 Å². The van der Waals surface area contributed by atoms with Crippen molar-refractivity contribution in [3.05, 3.63) is 17.0 Å². The molecule has 0 aliphatic rings. The number of carbonyl (C=O) groups is 1. The van der Waals surface area contributed by atoms with Crippen LogP contribution < -0.4 is 0 Å². The number of nitrogens with one attached hydrogen (secondary N) is 1. The van der Waals surface area contributed by atoms with Gasteiger partial charge in [-0.05, 0) is 20.8 Å². The van der Waals surface area contributed by atoms with Gasteiger partial charge in [-0.3, -0.25) is 5.10 Å². The maximum Gasteiger partial charge on any atom is 0.338 e. The highest BCUT2D eigenvalue weighted by Crippen LogP contribution is 2.23. The van der Waals surface area contributed by atoms with Gasteiger partial charge in [-0.25, -0.2) is 4.79 Å². The van der Waals surface area contributed by atoms with Crippen LogP contribution in [0.2, 0.25) is 0 Å². The molecule has 1 heterocycles. The van der Waals surface area contributed by atoms with E-state index in [2.05, 4.69) is 14.9 Å². The van der Waals surface area contributed by atoms with Crippen molar-refractivity contribution in [2.45, 2.75) is 33.0 Å². The number of esters is 1. The molecule has 1 aromatic rings. The van der Waals surface area contributed by atoms with Crippen LogP contribution in [0.4, 0.5) is 0 Å². The van der Waals surface area contributed by atoms with Crippen molar-refractivity contribution in [1.82, 2.24) is 10.2 Å². The third-order valence-electron chi connectivity index (χ3n) is 2.31. The third-order valence-corrected chi connectivity index (χ3v) is 2.31. The van der Waals surface area contributed by atoms with Gasteiger partial charge in [0.1, 0.15) is 6.10 Å². The molecular weight excluding hydrogens is 212 g/mol. The summed E-state index contributed by atoms with van der Waals surface area (Å²) >= 11 is 0. The molecule has 6 heteroatoms. The lowest BCUT2D eigenvalue weighted by molar-refractivity contribution is -0.159. The van der Waals surface area contributed by atoms with Gasteiger partial charge in [-0.2, -0.15) is 5.10 Å². The Morgan fingerprint density at radius 1 is 1.50 bits per heavy atom. The molecule has 0 amide bonds. The number of aromatic nitrogens is 2. The molecule has 1 aromatic heterocycles. The normalized spacial score (nSPS) is 14.6. The molecule has 2 atom stereocenters. The highest BCUT2D eigenvalue weighted by Gasteiger charge is 2.30. The molecule has 6 nitrogen and oxygen atoms in total. The van der Waals surface area contributed by atoms with Gasteiger partial charge in [0.2, 0.25) is 0 Å². The quantitative estimate of drug-likeness (QED) is 0.630. The van der Waals surface area contributed by atoms with Crippen LogP contribution in [-0.4, -0.2) is 39.1 Å². The summed E-state index contributed by atoms with van der Waals surface area (Å²) in [6.07, 6.45) is -2.91. The fourth-order valence-corrected chi connectivity index (χ4v) is 1.51. The predicted molar refractivity (Wildman–Crippen MR) is 55.7 cm³/mol. The summed E-state index contributed by atoms with van der Waals surface area (Å²) in [5.41, 5.74) is 1.60. The van der Waals surface area contributed by atoms with Gasteiger partial charge in [-0.15, -0.1) is 0 Å². The first-order valence-corrected chi connectivity index (χ1v) is 5.03. The topological polar surface area (TPSA) is 95.4 Å². The van der Waals surface area contributed by atoms with E-state index in [9.17, 15) is 15.0 Å². The van der Waals surface area contributed by atoms with Crippen molar-refractivity contribution >= 4 is 5.97 Å². The van der Waals surface area contributed by atoms with E-state index in [1.165, 1.54) is 0 Å². The van der Waals surface area contributed by atoms with Crippen molar-refractivity contribution in [3.8, 4) is 0 Å². The molecule has 2 unspecified atom stereocenters. The van der Waals surface area contributed by atoms with E-state index in [1.807, 2.05) is 0 Å². The van der Waals surface area contributed by atoms with Crippen LogP contribution in [0.3, 0.4) is 0 Å². The number of H-pyrrole nitrogens is 1. The number of aryl methyl sites for hydroxylation is 2. The van der Waals surface area contributed by atoms with Crippen molar-refractivity contribution in [3.63, 3.8) is 0 Å². The Morgan fingerprint density at radius 3 is 2.56 bits per heavy atom. The summed E-state index contributed by atoms with van der Waals surface area (Å²) in [6, 6.07) is 0. The SMILES string of the molecule is CCOC(=O)C(O)C(O)c1c(C)n[nH]c1C. The first kappa shape index (κ1) is 12.7. The summed E-state index contributed by atoms with van der Waals surface area (Å²) in [6.45, 7) is 5.17. The minimum atomic E-state index is -1.59. The number of carbonyl (C=O) groups excluding carboxylic acids is 1. The number of aliphatic hydroxyl groups excluding tert-OH is 2. The fourth-order valence-electron chi connectivity index (χ4n) is 1.51. The summed E-state index contributed by atoms with van der Waals surface area (Å²) in [4.78, 5) is 11.2. The Labute approximate surface area is 93.2 Å². The zero-order valence-electron chi connectivity index (χ0n) is 9.52. The monoisotopic (exact) mass is 228 g/mol. The second-order valence-electron chi connectivity index (χ2n) is 3.49. The molecule has 0 spiro atoms. The lowest BCUT2D eigenvalue weighted by Gasteiger charge is -2.16. The first-order chi connectivity index (χ1) is 7.49. The maximum absolute atomic E-state index is 11.2. The Balaban J connectivity index is 2.85. The number of hydrogen-bond donors (Lipinski definition) is 3. The summed E-state index contributed by atoms with van der Waals surface area (Å²) in [5, 5.41) is 25.9. The van der Waals surface area contributed by atoms with Crippen LogP contribution in [0.1, 0.15) is 30.0 Å². The maximum atomic E-state index is 11.2. The van der Waals surface area contributed by atoms with Crippen molar-refractivity contribution in [2.24, 2.45) is 0 Å². The highest BCUT2D eigenvalue weighted by atomic mass is 16.5. The third kappa shape index (κ3) is 2.40. The van der Waals surface area contributed by atoms with Gasteiger partial charge in [0.15, 0.2) is 6.10 Å². The molecule has 0 saturated heterocycles. The molecule has 0 aliphatic heterocycles. The summed E-state index contributed by atoms with van der Waals surface area (Å²) in [5.74, 6) is -0.838. The Morgan fingerprint density at radius 2 is 2.12 bits per heavy atom. The molecule has 0 bridgehead atoms. The van der Waals surface area contributed by atoms with Crippen molar-refractivity contribution in [1.29, 1.82) is 0 Å². The number of ether oxygens (including phenoxy) is 1. The standard InChI is InChI=1S/C10H16N2O4/c1-4-16-10(15)9(14)8(13)7-5(2)11-12-6(7)3/h8-9,13-14H,4H2,1-3H3,(H,11,12). The fraction of sp³-hybridized carbons (Fsp3) is 0.600. The lowest BCUT2D eigenvalue weighted by Crippen LogP contribution is -2.30. The number of nitrogens with zero attached hydrogens (tertiary/aromatic N) is 1. The summed E-state index contributed by atoms with van der Waals surface area (Å²) in [7, 11) is 0. The Bertz CT molecular complexity index is 355. The van der Waals surface area contributed by atoms with E-state index in [-0.39, 0.29) is 6.61 Å². The molecule has 0 fully saturated rings. The summed E-state index contributed by atoms with van der Waals surface area (Å²) < 4.78 is 4.62. The first-order valence-electron chi connectivity index (χ1n) is 5.03. The van der Waals surface area contributed by atoms with Gasteiger partial charge in [0.25, 0.3) is 0 Å². The van der Waals surface area contributed by atoms with Crippen LogP contribution >= 0.6 is 0 Å². The largest absolute Gasteiger partial charge is 0.464 e. The van der Waals surface area contributed by atoms with Crippen LogP contribution in [0, 0.1) is 13.8 Å². The average molecular weight is 228 g/mol. The van der Waals surface area contributed by atoms with E-state index in [0.717, 1.165) is 0 Å². The molecule has 0 saturated carbocycles. The van der Waals surface area contributed by atoms with E-state index >= 15 is 0 Å². The molecule has 16 heavy (non-hydrogen) atoms. The second-order valence-corrected chi connectivity index (χ2v) is 3.49. The number of hydrogen-bond acceptors (Lipinski definition) is 5. The van der Waals surface area contributed by atoms with Gasteiger partial charge in [0.05, 0.1) is 12.3 Å². The van der Waals surface area contributed by atoms with E-state index in [4.69, 9.17) is 0 Å². The Kier molecular flexibility index (Phi) is 4.03. The molecule has 0 aromatic carbocycles. The molecule has 0 aliphatic carbocycles. The average Bonchev–Trinajstić information content (AvgIpc) is 2.57. The van der Waals surface area contributed by atoms with Crippen LogP contribution in [0.15, 0.2) is 0 Å².